The van der Waals surface area contributed by atoms with Crippen molar-refractivity contribution in [3.8, 4) is 10.6 Å². The number of hydrogen-bond acceptors (Lipinski definition) is 8. The van der Waals surface area contributed by atoms with Gasteiger partial charge in [-0.3, -0.25) is 4.68 Å². The number of aryl methyl sites for hydroxylation is 3. The van der Waals surface area contributed by atoms with E-state index in [2.05, 4.69) is 46.9 Å². The lowest BCUT2D eigenvalue weighted by molar-refractivity contribution is -0.0178. The van der Waals surface area contributed by atoms with Gasteiger partial charge in [-0.15, -0.1) is 11.3 Å². The quantitative estimate of drug-likeness (QED) is 0.440. The van der Waals surface area contributed by atoms with Crippen molar-refractivity contribution in [2.75, 3.05) is 18.0 Å². The minimum absolute atomic E-state index is 0.0468. The molecule has 9 heteroatoms. The standard InChI is InChI=1S/C24H27N7OS/c1-13-10-30(12-19(32-13)17-9-25-31(11-17)18-6-7-18)24-28-21(20-8-5-14(2)33-20)22-23(29-24)27-16(4)15(3)26-22/h5,8-9,11,13,18-19H,6-7,10,12H2,1-4H3/t13-,19+/m1/s1. The number of morpholine rings is 1. The molecule has 0 spiro atoms. The maximum atomic E-state index is 6.30. The molecule has 1 saturated carbocycles. The molecule has 33 heavy (non-hydrogen) atoms. The van der Waals surface area contributed by atoms with Gasteiger partial charge in [0.05, 0.1) is 41.2 Å². The van der Waals surface area contributed by atoms with Crippen LogP contribution in [0.5, 0.6) is 0 Å². The summed E-state index contributed by atoms with van der Waals surface area (Å²) in [5.74, 6) is 0.677. The van der Waals surface area contributed by atoms with Crippen LogP contribution in [0.4, 0.5) is 5.95 Å². The van der Waals surface area contributed by atoms with Crippen LogP contribution < -0.4 is 4.90 Å². The molecule has 6 rings (SSSR count). The highest BCUT2D eigenvalue weighted by Crippen LogP contribution is 2.36. The SMILES string of the molecule is Cc1ccc(-c2nc(N3C[C@@H](C)O[C@H](c4cnn(C5CC5)c4)C3)nc3nc(C)c(C)nc23)s1. The molecule has 0 aromatic carbocycles. The van der Waals surface area contributed by atoms with Crippen molar-refractivity contribution < 1.29 is 4.74 Å². The van der Waals surface area contributed by atoms with Gasteiger partial charge in [0.15, 0.2) is 5.65 Å². The summed E-state index contributed by atoms with van der Waals surface area (Å²) in [5, 5.41) is 4.56. The smallest absolute Gasteiger partial charge is 0.228 e. The molecule has 4 aromatic heterocycles. The summed E-state index contributed by atoms with van der Waals surface area (Å²) in [4.78, 5) is 24.0. The van der Waals surface area contributed by atoms with Crippen molar-refractivity contribution in [3.05, 3.63) is 46.4 Å². The molecule has 5 heterocycles. The molecule has 0 N–H and O–H groups in total. The molecule has 8 nitrogen and oxygen atoms in total. The third-order valence-corrected chi connectivity index (χ3v) is 7.37. The van der Waals surface area contributed by atoms with E-state index in [1.807, 2.05) is 20.0 Å². The molecule has 0 unspecified atom stereocenters. The van der Waals surface area contributed by atoms with E-state index in [1.54, 1.807) is 11.3 Å². The van der Waals surface area contributed by atoms with E-state index in [0.29, 0.717) is 24.2 Å². The van der Waals surface area contributed by atoms with Crippen molar-refractivity contribution in [1.82, 2.24) is 29.7 Å². The van der Waals surface area contributed by atoms with E-state index in [-0.39, 0.29) is 12.2 Å². The molecule has 0 bridgehead atoms. The lowest BCUT2D eigenvalue weighted by Crippen LogP contribution is -2.43. The maximum Gasteiger partial charge on any atom is 0.228 e. The molecular weight excluding hydrogens is 434 g/mol. The summed E-state index contributed by atoms with van der Waals surface area (Å²) in [6.07, 6.45) is 6.48. The Morgan fingerprint density at radius 2 is 1.82 bits per heavy atom. The van der Waals surface area contributed by atoms with Gasteiger partial charge in [0.25, 0.3) is 0 Å². The highest BCUT2D eigenvalue weighted by molar-refractivity contribution is 7.15. The summed E-state index contributed by atoms with van der Waals surface area (Å²) in [7, 11) is 0. The number of hydrogen-bond donors (Lipinski definition) is 0. The minimum atomic E-state index is -0.0705. The molecule has 2 aliphatic rings. The van der Waals surface area contributed by atoms with Crippen LogP contribution in [0.25, 0.3) is 21.7 Å². The Kier molecular flexibility index (Phi) is 4.92. The summed E-state index contributed by atoms with van der Waals surface area (Å²) < 4.78 is 8.38. The number of rotatable bonds is 4. The molecule has 0 radical (unpaired) electrons. The highest BCUT2D eigenvalue weighted by atomic mass is 32.1. The Morgan fingerprint density at radius 3 is 2.58 bits per heavy atom. The zero-order valence-corrected chi connectivity index (χ0v) is 20.1. The van der Waals surface area contributed by atoms with Crippen molar-refractivity contribution >= 4 is 28.4 Å². The number of ether oxygens (including phenoxy) is 1. The van der Waals surface area contributed by atoms with Gasteiger partial charge in [0.1, 0.15) is 17.3 Å². The van der Waals surface area contributed by atoms with Crippen molar-refractivity contribution in [3.63, 3.8) is 0 Å². The second-order valence-electron chi connectivity index (χ2n) is 9.17. The van der Waals surface area contributed by atoms with Gasteiger partial charge in [0.2, 0.25) is 5.95 Å². The summed E-state index contributed by atoms with van der Waals surface area (Å²) in [5.41, 5.74) is 5.15. The van der Waals surface area contributed by atoms with Gasteiger partial charge in [-0.2, -0.15) is 10.1 Å². The zero-order valence-electron chi connectivity index (χ0n) is 19.3. The van der Waals surface area contributed by atoms with Gasteiger partial charge in [-0.05, 0) is 52.7 Å². The van der Waals surface area contributed by atoms with Crippen molar-refractivity contribution in [2.24, 2.45) is 0 Å². The van der Waals surface area contributed by atoms with E-state index in [9.17, 15) is 0 Å². The number of aromatic nitrogens is 6. The molecule has 0 amide bonds. The van der Waals surface area contributed by atoms with Gasteiger partial charge in [0, 0.05) is 23.2 Å². The average Bonchev–Trinajstić information content (AvgIpc) is 3.35. The van der Waals surface area contributed by atoms with Crippen molar-refractivity contribution in [2.45, 2.75) is 58.8 Å². The molecule has 2 atom stereocenters. The first-order chi connectivity index (χ1) is 15.9. The third kappa shape index (κ3) is 3.89. The third-order valence-electron chi connectivity index (χ3n) is 6.36. The molecule has 4 aromatic rings. The minimum Gasteiger partial charge on any atom is -0.367 e. The van der Waals surface area contributed by atoms with Gasteiger partial charge >= 0.3 is 0 Å². The first-order valence-electron chi connectivity index (χ1n) is 11.5. The van der Waals surface area contributed by atoms with Crippen LogP contribution in [0, 0.1) is 20.8 Å². The van der Waals surface area contributed by atoms with Crippen LogP contribution in [-0.2, 0) is 4.74 Å². The fourth-order valence-corrected chi connectivity index (χ4v) is 5.19. The molecule has 1 aliphatic heterocycles. The molecule has 1 aliphatic carbocycles. The Balaban J connectivity index is 1.41. The second-order valence-corrected chi connectivity index (χ2v) is 10.5. The zero-order chi connectivity index (χ0) is 22.7. The van der Waals surface area contributed by atoms with E-state index in [4.69, 9.17) is 24.7 Å². The first kappa shape index (κ1) is 20.7. The summed E-state index contributed by atoms with van der Waals surface area (Å²) in [6, 6.07) is 4.79. The van der Waals surface area contributed by atoms with E-state index in [0.717, 1.165) is 39.6 Å². The Labute approximate surface area is 196 Å². The fraction of sp³-hybridized carbons (Fsp3) is 0.458. The van der Waals surface area contributed by atoms with Crippen LogP contribution in [-0.4, -0.2) is 48.9 Å². The maximum absolute atomic E-state index is 6.30. The Bertz CT molecular complexity index is 1340. The molecule has 2 fully saturated rings. The average molecular weight is 462 g/mol. The topological polar surface area (TPSA) is 81.9 Å². The normalized spacial score (nSPS) is 21.2. The van der Waals surface area contributed by atoms with Crippen LogP contribution >= 0.6 is 11.3 Å². The Hall–Kier alpha value is -2.91. The molecule has 1 saturated heterocycles. The van der Waals surface area contributed by atoms with Gasteiger partial charge in [-0.25, -0.2) is 15.0 Å². The summed E-state index contributed by atoms with van der Waals surface area (Å²) in [6.45, 7) is 9.56. The van der Waals surface area contributed by atoms with Gasteiger partial charge in [-0.1, -0.05) is 0 Å². The predicted molar refractivity (Wildman–Crippen MR) is 129 cm³/mol. The van der Waals surface area contributed by atoms with Crippen LogP contribution in [0.1, 0.15) is 53.7 Å². The highest BCUT2D eigenvalue weighted by Gasteiger charge is 2.31. The van der Waals surface area contributed by atoms with Crippen LogP contribution in [0.15, 0.2) is 24.5 Å². The largest absolute Gasteiger partial charge is 0.367 e. The van der Waals surface area contributed by atoms with E-state index in [1.165, 1.54) is 17.7 Å². The number of thiophene rings is 1. The summed E-state index contributed by atoms with van der Waals surface area (Å²) >= 11 is 1.72. The number of fused-ring (bicyclic) bond motifs is 1. The monoisotopic (exact) mass is 461 g/mol. The predicted octanol–water partition coefficient (Wildman–Crippen LogP) is 4.57. The fourth-order valence-electron chi connectivity index (χ4n) is 4.33. The van der Waals surface area contributed by atoms with E-state index < -0.39 is 0 Å². The second kappa shape index (κ2) is 7.85. The van der Waals surface area contributed by atoms with Gasteiger partial charge < -0.3 is 9.64 Å². The van der Waals surface area contributed by atoms with E-state index >= 15 is 0 Å². The van der Waals surface area contributed by atoms with Crippen molar-refractivity contribution in [1.29, 1.82) is 0 Å². The van der Waals surface area contributed by atoms with Crippen LogP contribution in [0.2, 0.25) is 0 Å². The lowest BCUT2D eigenvalue weighted by atomic mass is 10.1. The lowest BCUT2D eigenvalue weighted by Gasteiger charge is -2.36. The molecular formula is C24H27N7OS. The van der Waals surface area contributed by atoms with Crippen LogP contribution in [0.3, 0.4) is 0 Å². The number of nitrogens with zero attached hydrogens (tertiary/aromatic N) is 7. The Morgan fingerprint density at radius 1 is 1.00 bits per heavy atom. The number of anilines is 1. The first-order valence-corrected chi connectivity index (χ1v) is 12.3. The molecule has 170 valence electrons.